The summed E-state index contributed by atoms with van der Waals surface area (Å²) in [4.78, 5) is 31.4. The highest BCUT2D eigenvalue weighted by atomic mass is 32.1. The number of carbonyl (C=O) groups excluding carboxylic acids is 2. The zero-order valence-electron chi connectivity index (χ0n) is 19.2. The van der Waals surface area contributed by atoms with Crippen LogP contribution in [0.4, 0.5) is 5.13 Å². The fraction of sp³-hybridized carbons (Fsp3) is 0.400. The number of rotatable bonds is 7. The van der Waals surface area contributed by atoms with Crippen LogP contribution >= 0.6 is 11.3 Å². The van der Waals surface area contributed by atoms with E-state index in [0.717, 1.165) is 34.2 Å². The molecule has 178 valence electrons. The lowest BCUT2D eigenvalue weighted by Crippen LogP contribution is -2.34. The van der Waals surface area contributed by atoms with Crippen LogP contribution in [0.2, 0.25) is 0 Å². The Bertz CT molecular complexity index is 1220. The van der Waals surface area contributed by atoms with Crippen molar-refractivity contribution < 1.29 is 23.8 Å². The van der Waals surface area contributed by atoms with Gasteiger partial charge in [-0.25, -0.2) is 4.98 Å². The topological polar surface area (TPSA) is 90.0 Å². The second-order valence-electron chi connectivity index (χ2n) is 8.68. The predicted molar refractivity (Wildman–Crippen MR) is 130 cm³/mol. The van der Waals surface area contributed by atoms with Crippen LogP contribution < -0.4 is 14.8 Å². The van der Waals surface area contributed by atoms with Gasteiger partial charge in [0, 0.05) is 25.3 Å². The molecule has 9 heteroatoms. The number of hydrogen-bond donors (Lipinski definition) is 1. The molecule has 0 spiro atoms. The molecular formula is C25H27N3O5S. The summed E-state index contributed by atoms with van der Waals surface area (Å²) in [5.74, 6) is 0.926. The first-order chi connectivity index (χ1) is 16.5. The van der Waals surface area contributed by atoms with E-state index in [-0.39, 0.29) is 30.6 Å². The van der Waals surface area contributed by atoms with Crippen LogP contribution in [0, 0.1) is 6.92 Å². The number of thiazole rings is 1. The first-order valence-corrected chi connectivity index (χ1v) is 12.2. The molecule has 2 aromatic carbocycles. The zero-order chi connectivity index (χ0) is 23.7. The quantitative estimate of drug-likeness (QED) is 0.547. The molecule has 3 heterocycles. The lowest BCUT2D eigenvalue weighted by molar-refractivity contribution is -0.131. The molecule has 1 N–H and O–H groups in total. The SMILES string of the molecule is COc1ccc([C@@H]2CC(=O)N(CC(=O)Nc3nc4ccc(C)cc4s3)C2)cc1OC1CCCO1. The van der Waals surface area contributed by atoms with E-state index < -0.39 is 0 Å². The molecule has 2 amide bonds. The van der Waals surface area contributed by atoms with Gasteiger partial charge in [0.2, 0.25) is 11.8 Å². The van der Waals surface area contributed by atoms with Gasteiger partial charge in [0.1, 0.15) is 0 Å². The van der Waals surface area contributed by atoms with E-state index in [1.807, 2.05) is 43.3 Å². The van der Waals surface area contributed by atoms with E-state index >= 15 is 0 Å². The van der Waals surface area contributed by atoms with Crippen molar-refractivity contribution in [2.24, 2.45) is 0 Å². The highest BCUT2D eigenvalue weighted by Crippen LogP contribution is 2.36. The minimum atomic E-state index is -0.277. The van der Waals surface area contributed by atoms with Crippen molar-refractivity contribution in [3.8, 4) is 11.5 Å². The number of nitrogens with zero attached hydrogens (tertiary/aromatic N) is 2. The summed E-state index contributed by atoms with van der Waals surface area (Å²) in [6, 6.07) is 11.7. The highest BCUT2D eigenvalue weighted by Gasteiger charge is 2.32. The van der Waals surface area contributed by atoms with Crippen molar-refractivity contribution in [2.45, 2.75) is 38.4 Å². The summed E-state index contributed by atoms with van der Waals surface area (Å²) in [5.41, 5.74) is 2.97. The summed E-state index contributed by atoms with van der Waals surface area (Å²) in [5, 5.41) is 3.38. The fourth-order valence-electron chi connectivity index (χ4n) is 4.39. The van der Waals surface area contributed by atoms with Crippen LogP contribution in [-0.2, 0) is 14.3 Å². The summed E-state index contributed by atoms with van der Waals surface area (Å²) in [6.07, 6.45) is 1.88. The van der Waals surface area contributed by atoms with Gasteiger partial charge in [-0.1, -0.05) is 23.5 Å². The molecule has 34 heavy (non-hydrogen) atoms. The Balaban J connectivity index is 1.23. The van der Waals surface area contributed by atoms with Crippen molar-refractivity contribution >= 4 is 38.5 Å². The minimum Gasteiger partial charge on any atom is -0.493 e. The van der Waals surface area contributed by atoms with Gasteiger partial charge in [0.15, 0.2) is 22.9 Å². The number of fused-ring (bicyclic) bond motifs is 1. The van der Waals surface area contributed by atoms with E-state index in [1.165, 1.54) is 11.3 Å². The third-order valence-electron chi connectivity index (χ3n) is 6.14. The summed E-state index contributed by atoms with van der Waals surface area (Å²) >= 11 is 1.43. The van der Waals surface area contributed by atoms with Crippen molar-refractivity contribution in [2.75, 3.05) is 32.1 Å². The van der Waals surface area contributed by atoms with Crippen LogP contribution in [0.3, 0.4) is 0 Å². The number of benzene rings is 2. The molecule has 2 saturated heterocycles. The van der Waals surface area contributed by atoms with Gasteiger partial charge >= 0.3 is 0 Å². The van der Waals surface area contributed by atoms with Gasteiger partial charge in [-0.15, -0.1) is 0 Å². The van der Waals surface area contributed by atoms with Gasteiger partial charge < -0.3 is 24.4 Å². The van der Waals surface area contributed by atoms with Crippen LogP contribution in [0.15, 0.2) is 36.4 Å². The molecule has 0 bridgehead atoms. The van der Waals surface area contributed by atoms with E-state index in [2.05, 4.69) is 10.3 Å². The molecule has 1 unspecified atom stereocenters. The Morgan fingerprint density at radius 2 is 2.15 bits per heavy atom. The number of methoxy groups -OCH3 is 1. The monoisotopic (exact) mass is 481 g/mol. The highest BCUT2D eigenvalue weighted by molar-refractivity contribution is 7.22. The molecule has 0 radical (unpaired) electrons. The molecule has 2 aliphatic heterocycles. The molecule has 8 nitrogen and oxygen atoms in total. The molecular weight excluding hydrogens is 454 g/mol. The minimum absolute atomic E-state index is 0.000285. The molecule has 1 aromatic heterocycles. The Kier molecular flexibility index (Phi) is 6.38. The number of hydrogen-bond acceptors (Lipinski definition) is 7. The number of carbonyl (C=O) groups is 2. The van der Waals surface area contributed by atoms with Gasteiger partial charge in [0.05, 0.1) is 30.5 Å². The fourth-order valence-corrected chi connectivity index (χ4v) is 5.37. The van der Waals surface area contributed by atoms with E-state index in [1.54, 1.807) is 12.0 Å². The van der Waals surface area contributed by atoms with E-state index in [0.29, 0.717) is 36.2 Å². The van der Waals surface area contributed by atoms with Crippen LogP contribution in [0.5, 0.6) is 11.5 Å². The Labute approximate surface area is 201 Å². The second-order valence-corrected chi connectivity index (χ2v) is 9.72. The number of aromatic nitrogens is 1. The normalized spacial score (nSPS) is 20.2. The standard InChI is InChI=1S/C25H27N3O5S/c1-15-5-7-18-21(10-15)34-25(26-18)27-22(29)14-28-13-17(12-23(28)30)16-6-8-19(31-2)20(11-16)33-24-4-3-9-32-24/h5-8,10-11,17,24H,3-4,9,12-14H2,1-2H3,(H,26,27,29)/t17-,24?/m1/s1. The number of amides is 2. The second kappa shape index (κ2) is 9.60. The number of ether oxygens (including phenoxy) is 3. The van der Waals surface area contributed by atoms with Crippen molar-refractivity contribution in [1.82, 2.24) is 9.88 Å². The average molecular weight is 482 g/mol. The largest absolute Gasteiger partial charge is 0.493 e. The predicted octanol–water partition coefficient (Wildman–Crippen LogP) is 4.08. The van der Waals surface area contributed by atoms with Crippen LogP contribution in [0.25, 0.3) is 10.2 Å². The molecule has 5 rings (SSSR count). The average Bonchev–Trinajstić information content (AvgIpc) is 3.54. The third kappa shape index (κ3) is 4.85. The maximum atomic E-state index is 12.7. The first-order valence-electron chi connectivity index (χ1n) is 11.4. The van der Waals surface area contributed by atoms with Gasteiger partial charge in [-0.05, 0) is 48.7 Å². The Morgan fingerprint density at radius 3 is 2.94 bits per heavy atom. The molecule has 2 fully saturated rings. The molecule has 3 aromatic rings. The molecule has 2 aliphatic rings. The maximum absolute atomic E-state index is 12.7. The number of likely N-dealkylation sites (tertiary alicyclic amines) is 1. The van der Waals surface area contributed by atoms with Crippen LogP contribution in [-0.4, -0.2) is 54.8 Å². The third-order valence-corrected chi connectivity index (χ3v) is 7.08. The molecule has 0 saturated carbocycles. The Morgan fingerprint density at radius 1 is 1.26 bits per heavy atom. The van der Waals surface area contributed by atoms with Gasteiger partial charge in [0.25, 0.3) is 0 Å². The lowest BCUT2D eigenvalue weighted by Gasteiger charge is -2.19. The summed E-state index contributed by atoms with van der Waals surface area (Å²) in [7, 11) is 1.60. The number of nitrogens with one attached hydrogen (secondary N) is 1. The Hall–Kier alpha value is -3.17. The first kappa shape index (κ1) is 22.6. The molecule has 0 aliphatic carbocycles. The lowest BCUT2D eigenvalue weighted by atomic mass is 9.98. The van der Waals surface area contributed by atoms with E-state index in [9.17, 15) is 9.59 Å². The maximum Gasteiger partial charge on any atom is 0.245 e. The van der Waals surface area contributed by atoms with Crippen molar-refractivity contribution in [3.63, 3.8) is 0 Å². The van der Waals surface area contributed by atoms with Crippen molar-refractivity contribution in [3.05, 3.63) is 47.5 Å². The zero-order valence-corrected chi connectivity index (χ0v) is 20.0. The molecule has 2 atom stereocenters. The van der Waals surface area contributed by atoms with Crippen LogP contribution in [0.1, 0.15) is 36.3 Å². The number of aryl methyl sites for hydroxylation is 1. The summed E-state index contributed by atoms with van der Waals surface area (Å²) < 4.78 is 18.0. The van der Waals surface area contributed by atoms with Gasteiger partial charge in [-0.3, -0.25) is 9.59 Å². The summed E-state index contributed by atoms with van der Waals surface area (Å²) in [6.45, 7) is 3.18. The van der Waals surface area contributed by atoms with Gasteiger partial charge in [-0.2, -0.15) is 0 Å². The smallest absolute Gasteiger partial charge is 0.245 e. The van der Waals surface area contributed by atoms with Crippen molar-refractivity contribution in [1.29, 1.82) is 0 Å². The number of anilines is 1. The van der Waals surface area contributed by atoms with E-state index in [4.69, 9.17) is 14.2 Å².